The van der Waals surface area contributed by atoms with Gasteiger partial charge in [-0.15, -0.1) is 0 Å². The van der Waals surface area contributed by atoms with Gasteiger partial charge in [-0.1, -0.05) is 23.2 Å². The first-order valence-electron chi connectivity index (χ1n) is 9.91. The van der Waals surface area contributed by atoms with E-state index in [-0.39, 0.29) is 39.7 Å². The number of nitrogens with zero attached hydrogens (tertiary/aromatic N) is 2. The second-order valence-electron chi connectivity index (χ2n) is 7.54. The van der Waals surface area contributed by atoms with Gasteiger partial charge in [0.15, 0.2) is 0 Å². The highest BCUT2D eigenvalue weighted by Crippen LogP contribution is 2.31. The van der Waals surface area contributed by atoms with Crippen LogP contribution < -0.4 is 15.0 Å². The molecular formula is C22H21Cl2N3O4. The summed E-state index contributed by atoms with van der Waals surface area (Å²) in [6, 6.07) is 10.6. The van der Waals surface area contributed by atoms with E-state index in [0.29, 0.717) is 0 Å². The number of hydrogen-bond donors (Lipinski definition) is 1. The highest BCUT2D eigenvalue weighted by atomic mass is 35.5. The van der Waals surface area contributed by atoms with Crippen LogP contribution in [0.2, 0.25) is 10.0 Å². The number of amides is 3. The average molecular weight is 462 g/mol. The van der Waals surface area contributed by atoms with E-state index in [9.17, 15) is 14.4 Å². The SMILES string of the molecule is COc1ccc(N2CCC(NC(=O)CN3C(=O)c4cc(Cl)c(Cl)cc4C3=O)CC2)cc1. The van der Waals surface area contributed by atoms with E-state index >= 15 is 0 Å². The predicted octanol–water partition coefficient (Wildman–Crippen LogP) is 3.38. The molecule has 1 fully saturated rings. The van der Waals surface area contributed by atoms with Crippen molar-refractivity contribution in [1.82, 2.24) is 10.2 Å². The molecule has 0 spiro atoms. The number of hydrogen-bond acceptors (Lipinski definition) is 5. The number of piperidine rings is 1. The summed E-state index contributed by atoms with van der Waals surface area (Å²) in [5, 5.41) is 3.33. The predicted molar refractivity (Wildman–Crippen MR) is 118 cm³/mol. The minimum Gasteiger partial charge on any atom is -0.497 e. The lowest BCUT2D eigenvalue weighted by Crippen LogP contribution is -2.48. The molecule has 2 aliphatic rings. The molecule has 0 bridgehead atoms. The molecule has 2 aromatic rings. The Morgan fingerprint density at radius 2 is 1.58 bits per heavy atom. The van der Waals surface area contributed by atoms with Crippen LogP contribution in [-0.4, -0.2) is 55.4 Å². The number of benzene rings is 2. The molecule has 0 aliphatic carbocycles. The second kappa shape index (κ2) is 8.77. The maximum atomic E-state index is 12.6. The zero-order valence-electron chi connectivity index (χ0n) is 16.9. The van der Waals surface area contributed by atoms with Crippen molar-refractivity contribution in [2.45, 2.75) is 18.9 Å². The monoisotopic (exact) mass is 461 g/mol. The lowest BCUT2D eigenvalue weighted by Gasteiger charge is -2.34. The van der Waals surface area contributed by atoms with Crippen molar-refractivity contribution in [2.75, 3.05) is 31.6 Å². The first kappa shape index (κ1) is 21.5. The Morgan fingerprint density at radius 3 is 2.10 bits per heavy atom. The third-order valence-corrected chi connectivity index (χ3v) is 6.33. The van der Waals surface area contributed by atoms with E-state index in [4.69, 9.17) is 27.9 Å². The number of anilines is 1. The van der Waals surface area contributed by atoms with Gasteiger partial charge in [-0.3, -0.25) is 19.3 Å². The van der Waals surface area contributed by atoms with Gasteiger partial charge >= 0.3 is 0 Å². The van der Waals surface area contributed by atoms with Crippen LogP contribution in [0.3, 0.4) is 0 Å². The number of carbonyl (C=O) groups excluding carboxylic acids is 3. The Hall–Kier alpha value is -2.77. The lowest BCUT2D eigenvalue weighted by molar-refractivity contribution is -0.122. The molecule has 0 unspecified atom stereocenters. The van der Waals surface area contributed by atoms with Crippen molar-refractivity contribution >= 4 is 46.6 Å². The number of nitrogens with one attached hydrogen (secondary N) is 1. The number of carbonyl (C=O) groups is 3. The summed E-state index contributed by atoms with van der Waals surface area (Å²) < 4.78 is 5.19. The van der Waals surface area contributed by atoms with Crippen LogP contribution in [0.25, 0.3) is 0 Å². The van der Waals surface area contributed by atoms with Crippen molar-refractivity contribution in [2.24, 2.45) is 0 Å². The molecule has 0 saturated carbocycles. The van der Waals surface area contributed by atoms with Crippen LogP contribution in [0.1, 0.15) is 33.6 Å². The number of halogens is 2. The minimum absolute atomic E-state index is 0.0129. The van der Waals surface area contributed by atoms with Crippen molar-refractivity contribution in [3.8, 4) is 5.75 Å². The summed E-state index contributed by atoms with van der Waals surface area (Å²) in [6.07, 6.45) is 1.54. The third kappa shape index (κ3) is 4.34. The zero-order chi connectivity index (χ0) is 22.1. The molecule has 9 heteroatoms. The molecule has 2 heterocycles. The van der Waals surface area contributed by atoms with Crippen molar-refractivity contribution in [3.05, 3.63) is 57.6 Å². The molecular weight excluding hydrogens is 441 g/mol. The Kier molecular flexibility index (Phi) is 6.07. The fourth-order valence-electron chi connectivity index (χ4n) is 3.92. The first-order valence-corrected chi connectivity index (χ1v) is 10.7. The molecule has 4 rings (SSSR count). The maximum Gasteiger partial charge on any atom is 0.262 e. The van der Waals surface area contributed by atoms with E-state index in [1.54, 1.807) is 7.11 Å². The maximum absolute atomic E-state index is 12.6. The topological polar surface area (TPSA) is 79.0 Å². The van der Waals surface area contributed by atoms with Gasteiger partial charge in [-0.25, -0.2) is 0 Å². The first-order chi connectivity index (χ1) is 14.9. The van der Waals surface area contributed by atoms with Crippen LogP contribution in [0.4, 0.5) is 5.69 Å². The molecule has 2 aliphatic heterocycles. The number of ether oxygens (including phenoxy) is 1. The number of methoxy groups -OCH3 is 1. The summed E-state index contributed by atoms with van der Waals surface area (Å²) in [5.74, 6) is -0.635. The summed E-state index contributed by atoms with van der Waals surface area (Å²) in [4.78, 5) is 40.8. The molecule has 0 atom stereocenters. The van der Waals surface area contributed by atoms with Crippen molar-refractivity contribution in [1.29, 1.82) is 0 Å². The van der Waals surface area contributed by atoms with Gasteiger partial charge in [-0.05, 0) is 49.2 Å². The van der Waals surface area contributed by atoms with Gasteiger partial charge in [0, 0.05) is 24.8 Å². The Balaban J connectivity index is 1.32. The summed E-state index contributed by atoms with van der Waals surface area (Å²) >= 11 is 11.9. The van der Waals surface area contributed by atoms with E-state index < -0.39 is 11.8 Å². The normalized spacial score (nSPS) is 16.5. The van der Waals surface area contributed by atoms with Gasteiger partial charge in [0.25, 0.3) is 11.8 Å². The van der Waals surface area contributed by atoms with Crippen molar-refractivity contribution < 1.29 is 19.1 Å². The molecule has 2 aromatic carbocycles. The summed E-state index contributed by atoms with van der Waals surface area (Å²) in [5.41, 5.74) is 1.44. The Bertz CT molecular complexity index is 993. The van der Waals surface area contributed by atoms with Crippen LogP contribution >= 0.6 is 23.2 Å². The summed E-state index contributed by atoms with van der Waals surface area (Å²) in [6.45, 7) is 1.25. The van der Waals surface area contributed by atoms with Gasteiger partial charge in [0.05, 0.1) is 28.3 Å². The highest BCUT2D eigenvalue weighted by molar-refractivity contribution is 6.43. The van der Waals surface area contributed by atoms with Gasteiger partial charge in [0.2, 0.25) is 5.91 Å². The third-order valence-electron chi connectivity index (χ3n) is 5.61. The van der Waals surface area contributed by atoms with Crippen LogP contribution in [0.5, 0.6) is 5.75 Å². The molecule has 7 nitrogen and oxygen atoms in total. The highest BCUT2D eigenvalue weighted by Gasteiger charge is 2.37. The van der Waals surface area contributed by atoms with Gasteiger partial charge in [-0.2, -0.15) is 0 Å². The molecule has 3 amide bonds. The molecule has 0 radical (unpaired) electrons. The Morgan fingerprint density at radius 1 is 1.03 bits per heavy atom. The smallest absolute Gasteiger partial charge is 0.262 e. The standard InChI is InChI=1S/C22H21Cl2N3O4/c1-31-15-4-2-14(3-5-15)26-8-6-13(7-9-26)25-20(28)12-27-21(29)16-10-18(23)19(24)11-17(16)22(27)30/h2-5,10-11,13H,6-9,12H2,1H3,(H,25,28). The molecule has 162 valence electrons. The fourth-order valence-corrected chi connectivity index (χ4v) is 4.25. The largest absolute Gasteiger partial charge is 0.497 e. The quantitative estimate of drug-likeness (QED) is 0.690. The molecule has 1 N–H and O–H groups in total. The van der Waals surface area contributed by atoms with Crippen LogP contribution in [-0.2, 0) is 4.79 Å². The van der Waals surface area contributed by atoms with Gasteiger partial charge < -0.3 is 15.0 Å². The number of imide groups is 1. The van der Waals surface area contributed by atoms with E-state index in [1.165, 1.54) is 12.1 Å². The van der Waals surface area contributed by atoms with Gasteiger partial charge in [0.1, 0.15) is 12.3 Å². The second-order valence-corrected chi connectivity index (χ2v) is 8.35. The van der Waals surface area contributed by atoms with E-state index in [1.807, 2.05) is 24.3 Å². The van der Waals surface area contributed by atoms with E-state index in [0.717, 1.165) is 42.3 Å². The summed E-state index contributed by atoms with van der Waals surface area (Å²) in [7, 11) is 1.63. The molecule has 31 heavy (non-hydrogen) atoms. The van der Waals surface area contributed by atoms with Crippen LogP contribution in [0.15, 0.2) is 36.4 Å². The fraction of sp³-hybridized carbons (Fsp3) is 0.318. The van der Waals surface area contributed by atoms with E-state index in [2.05, 4.69) is 10.2 Å². The minimum atomic E-state index is -0.539. The lowest BCUT2D eigenvalue weighted by atomic mass is 10.0. The zero-order valence-corrected chi connectivity index (χ0v) is 18.4. The Labute approximate surface area is 189 Å². The number of rotatable bonds is 5. The number of fused-ring (bicyclic) bond motifs is 1. The average Bonchev–Trinajstić information content (AvgIpc) is 2.99. The van der Waals surface area contributed by atoms with Crippen LogP contribution in [0, 0.1) is 0 Å². The van der Waals surface area contributed by atoms with Crippen molar-refractivity contribution in [3.63, 3.8) is 0 Å². The molecule has 1 saturated heterocycles. The molecule has 0 aromatic heterocycles.